The Bertz CT molecular complexity index is 1400. The summed E-state index contributed by atoms with van der Waals surface area (Å²) in [7, 11) is 0. The number of aryl methyl sites for hydroxylation is 1. The van der Waals surface area contributed by atoms with Crippen molar-refractivity contribution >= 4 is 28.3 Å². The first-order valence-corrected chi connectivity index (χ1v) is 12.6. The molecule has 0 unspecified atom stereocenters. The van der Waals surface area contributed by atoms with Crippen molar-refractivity contribution in [2.24, 2.45) is 0 Å². The number of urea groups is 1. The summed E-state index contributed by atoms with van der Waals surface area (Å²) in [5, 5.41) is 10.8. The van der Waals surface area contributed by atoms with Crippen molar-refractivity contribution < 1.29 is 14.1 Å². The second-order valence-corrected chi connectivity index (χ2v) is 9.72. The molecule has 9 nitrogen and oxygen atoms in total. The van der Waals surface area contributed by atoms with Crippen molar-refractivity contribution in [3.05, 3.63) is 54.2 Å². The predicted octanol–water partition coefficient (Wildman–Crippen LogP) is 5.56. The Kier molecular flexibility index (Phi) is 5.75. The number of nitrogens with one attached hydrogen (secondary N) is 2. The molecule has 2 aromatic carbocycles. The Morgan fingerprint density at radius 2 is 1.92 bits per heavy atom. The molecule has 6 rings (SSSR count). The molecule has 186 valence electrons. The number of hydrogen-bond acceptors (Lipinski definition) is 6. The van der Waals surface area contributed by atoms with Crippen molar-refractivity contribution in [2.45, 2.75) is 64.1 Å². The van der Waals surface area contributed by atoms with Gasteiger partial charge in [-0.2, -0.15) is 4.98 Å². The summed E-state index contributed by atoms with van der Waals surface area (Å²) in [6.45, 7) is 1.99. The molecule has 0 bridgehead atoms. The molecule has 36 heavy (non-hydrogen) atoms. The molecule has 9 heteroatoms. The largest absolute Gasteiger partial charge is 0.484 e. The fraction of sp³-hybridized carbons (Fsp3) is 0.370. The van der Waals surface area contributed by atoms with Gasteiger partial charge in [-0.15, -0.1) is 0 Å². The van der Waals surface area contributed by atoms with Crippen LogP contribution >= 0.6 is 0 Å². The van der Waals surface area contributed by atoms with Crippen LogP contribution < -0.4 is 21.1 Å². The number of nitrogens with two attached hydrogens (primary N) is 1. The van der Waals surface area contributed by atoms with Gasteiger partial charge in [-0.1, -0.05) is 17.3 Å². The van der Waals surface area contributed by atoms with E-state index in [-0.39, 0.29) is 12.6 Å². The smallest absolute Gasteiger partial charge is 0.319 e. The van der Waals surface area contributed by atoms with E-state index in [0.29, 0.717) is 23.8 Å². The van der Waals surface area contributed by atoms with E-state index < -0.39 is 0 Å². The monoisotopic (exact) mass is 486 g/mol. The molecule has 0 atom stereocenters. The number of benzene rings is 2. The lowest BCUT2D eigenvalue weighted by atomic mass is 9.92. The van der Waals surface area contributed by atoms with Crippen molar-refractivity contribution in [1.29, 1.82) is 0 Å². The highest BCUT2D eigenvalue weighted by molar-refractivity contribution is 6.02. The second kappa shape index (κ2) is 9.22. The van der Waals surface area contributed by atoms with Gasteiger partial charge in [0.05, 0.1) is 16.9 Å². The zero-order valence-corrected chi connectivity index (χ0v) is 20.3. The van der Waals surface area contributed by atoms with Gasteiger partial charge < -0.3 is 30.2 Å². The van der Waals surface area contributed by atoms with Gasteiger partial charge in [0, 0.05) is 34.8 Å². The zero-order valence-electron chi connectivity index (χ0n) is 20.3. The van der Waals surface area contributed by atoms with E-state index in [1.54, 1.807) is 6.92 Å². The number of anilines is 2. The van der Waals surface area contributed by atoms with Crippen LogP contribution in [-0.2, 0) is 6.61 Å². The van der Waals surface area contributed by atoms with E-state index in [2.05, 4.69) is 25.3 Å². The Labute approximate surface area is 209 Å². The molecular formula is C27H30N6O3. The average Bonchev–Trinajstić information content (AvgIpc) is 3.35. The zero-order chi connectivity index (χ0) is 24.6. The third-order valence-electron chi connectivity index (χ3n) is 7.24. The standard InChI is InChI=1S/C27H30N6O3/c1-16-29-24(36-32-16)15-35-21-12-13-22-23(14-21)33(20-6-3-7-20)26(25(22)28)17-8-10-19(11-9-17)31-27(34)30-18-4-2-5-18/h8-14,18,20H,2-7,15,28H2,1H3,(H2,30,31,34). The number of hydrogen-bond donors (Lipinski definition) is 3. The van der Waals surface area contributed by atoms with E-state index >= 15 is 0 Å². The number of fused-ring (bicyclic) bond motifs is 1. The van der Waals surface area contributed by atoms with Gasteiger partial charge >= 0.3 is 6.03 Å². The molecule has 2 fully saturated rings. The van der Waals surface area contributed by atoms with Gasteiger partial charge in [0.1, 0.15) is 5.75 Å². The molecule has 2 aliphatic carbocycles. The van der Waals surface area contributed by atoms with Crippen LogP contribution in [0.25, 0.3) is 22.2 Å². The molecular weight excluding hydrogens is 456 g/mol. The highest BCUT2D eigenvalue weighted by Gasteiger charge is 2.27. The van der Waals surface area contributed by atoms with Crippen LogP contribution in [0, 0.1) is 6.92 Å². The highest BCUT2D eigenvalue weighted by Crippen LogP contribution is 2.45. The van der Waals surface area contributed by atoms with E-state index in [1.807, 2.05) is 42.5 Å². The number of carbonyl (C=O) groups is 1. The normalized spacial score (nSPS) is 15.9. The summed E-state index contributed by atoms with van der Waals surface area (Å²) in [5.74, 6) is 1.75. The van der Waals surface area contributed by atoms with Crippen LogP contribution in [-0.4, -0.2) is 26.8 Å². The first kappa shape index (κ1) is 22.5. The van der Waals surface area contributed by atoms with Crippen LogP contribution in [0.5, 0.6) is 5.75 Å². The average molecular weight is 487 g/mol. The van der Waals surface area contributed by atoms with Crippen LogP contribution in [0.4, 0.5) is 16.2 Å². The number of nitrogen functional groups attached to an aromatic ring is 1. The predicted molar refractivity (Wildman–Crippen MR) is 138 cm³/mol. The van der Waals surface area contributed by atoms with Gasteiger partial charge in [-0.3, -0.25) is 0 Å². The molecule has 4 N–H and O–H groups in total. The number of rotatable bonds is 7. The minimum atomic E-state index is -0.154. The topological polar surface area (TPSA) is 120 Å². The molecule has 2 aliphatic rings. The van der Waals surface area contributed by atoms with Crippen molar-refractivity contribution in [3.8, 4) is 17.0 Å². The molecule has 0 radical (unpaired) electrons. The van der Waals surface area contributed by atoms with Gasteiger partial charge in [-0.05, 0) is 69.7 Å². The fourth-order valence-electron chi connectivity index (χ4n) is 4.89. The Morgan fingerprint density at radius 1 is 1.14 bits per heavy atom. The molecule has 2 aromatic heterocycles. The Hall–Kier alpha value is -4.01. The second-order valence-electron chi connectivity index (χ2n) is 9.72. The SMILES string of the molecule is Cc1noc(COc2ccc3c(N)c(-c4ccc(NC(=O)NC5CCC5)cc4)n(C4CCC4)c3c2)n1. The maximum absolute atomic E-state index is 12.2. The summed E-state index contributed by atoms with van der Waals surface area (Å²) in [5.41, 5.74) is 11.3. The highest BCUT2D eigenvalue weighted by atomic mass is 16.5. The lowest BCUT2D eigenvalue weighted by molar-refractivity contribution is 0.240. The minimum absolute atomic E-state index is 0.154. The minimum Gasteiger partial charge on any atom is -0.484 e. The quantitative estimate of drug-likeness (QED) is 0.315. The lowest BCUT2D eigenvalue weighted by Crippen LogP contribution is -2.41. The first-order chi connectivity index (χ1) is 17.5. The van der Waals surface area contributed by atoms with Crippen LogP contribution in [0.2, 0.25) is 0 Å². The molecule has 0 saturated heterocycles. The molecule has 0 spiro atoms. The summed E-state index contributed by atoms with van der Waals surface area (Å²) >= 11 is 0. The van der Waals surface area contributed by atoms with E-state index in [4.69, 9.17) is 15.0 Å². The summed E-state index contributed by atoms with van der Waals surface area (Å²) in [4.78, 5) is 16.4. The summed E-state index contributed by atoms with van der Waals surface area (Å²) < 4.78 is 13.5. The van der Waals surface area contributed by atoms with Gasteiger partial charge in [0.25, 0.3) is 5.89 Å². The Balaban J connectivity index is 1.28. The third-order valence-corrected chi connectivity index (χ3v) is 7.24. The molecule has 0 aliphatic heterocycles. The third kappa shape index (κ3) is 4.25. The maximum atomic E-state index is 12.2. The van der Waals surface area contributed by atoms with Crippen LogP contribution in [0.3, 0.4) is 0 Å². The van der Waals surface area contributed by atoms with Crippen LogP contribution in [0.15, 0.2) is 47.0 Å². The number of ether oxygens (including phenoxy) is 1. The number of nitrogens with zero attached hydrogens (tertiary/aromatic N) is 3. The molecule has 2 saturated carbocycles. The summed E-state index contributed by atoms with van der Waals surface area (Å²) in [6.07, 6.45) is 6.73. The van der Waals surface area contributed by atoms with Crippen molar-refractivity contribution in [2.75, 3.05) is 11.1 Å². The molecule has 4 aromatic rings. The maximum Gasteiger partial charge on any atom is 0.319 e. The van der Waals surface area contributed by atoms with Gasteiger partial charge in [0.15, 0.2) is 12.4 Å². The van der Waals surface area contributed by atoms with Crippen LogP contribution in [0.1, 0.15) is 56.3 Å². The molecule has 2 amide bonds. The Morgan fingerprint density at radius 3 is 2.56 bits per heavy atom. The molecule has 2 heterocycles. The van der Waals surface area contributed by atoms with Gasteiger partial charge in [0.2, 0.25) is 0 Å². The van der Waals surface area contributed by atoms with Crippen molar-refractivity contribution in [3.63, 3.8) is 0 Å². The lowest BCUT2D eigenvalue weighted by Gasteiger charge is -2.30. The number of carbonyl (C=O) groups excluding carboxylic acids is 1. The number of aromatic nitrogens is 3. The van der Waals surface area contributed by atoms with Crippen molar-refractivity contribution in [1.82, 2.24) is 20.0 Å². The first-order valence-electron chi connectivity index (χ1n) is 12.6. The fourth-order valence-corrected chi connectivity index (χ4v) is 4.89. The van der Waals surface area contributed by atoms with E-state index in [0.717, 1.165) is 65.0 Å². The van der Waals surface area contributed by atoms with E-state index in [1.165, 1.54) is 12.8 Å². The number of amides is 2. The summed E-state index contributed by atoms with van der Waals surface area (Å²) in [6, 6.07) is 14.4. The van der Waals surface area contributed by atoms with Gasteiger partial charge in [-0.25, -0.2) is 4.79 Å². The van der Waals surface area contributed by atoms with E-state index in [9.17, 15) is 4.79 Å².